The molecule has 88 valence electrons. The molecule has 6 nitrogen and oxygen atoms in total. The van der Waals surface area contributed by atoms with Gasteiger partial charge in [-0.3, -0.25) is 14.7 Å². The fraction of sp³-hybridized carbons (Fsp3) is 0.333. The van der Waals surface area contributed by atoms with Crippen LogP contribution in [0.1, 0.15) is 5.56 Å². The Bertz CT molecular complexity index is 453. The smallest absolute Gasteiger partial charge is 0.310 e. The van der Waals surface area contributed by atoms with E-state index in [1.807, 2.05) is 0 Å². The minimum atomic E-state index is -3.18. The van der Waals surface area contributed by atoms with E-state index < -0.39 is 12.3 Å². The summed E-state index contributed by atoms with van der Waals surface area (Å²) in [4.78, 5) is 19.2. The minimum absolute atomic E-state index is 0.0264. The number of nitrogens with zero attached hydrogens (tertiary/aromatic N) is 1. The van der Waals surface area contributed by atoms with Gasteiger partial charge in [-0.1, -0.05) is 6.07 Å². The first-order valence-corrected chi connectivity index (χ1v) is 6.73. The van der Waals surface area contributed by atoms with E-state index in [2.05, 4.69) is 0 Å². The van der Waals surface area contributed by atoms with Crippen LogP contribution in [0.2, 0.25) is 0 Å². The van der Waals surface area contributed by atoms with Crippen molar-refractivity contribution in [1.29, 1.82) is 0 Å². The molecular formula is C9H12NO5P. The number of hydrogen-bond acceptors (Lipinski definition) is 4. The lowest BCUT2D eigenvalue weighted by Crippen LogP contribution is -1.95. The monoisotopic (exact) mass is 245 g/mol. The van der Waals surface area contributed by atoms with Gasteiger partial charge in [0.2, 0.25) is 7.37 Å². The molecule has 0 aliphatic carbocycles. The average molecular weight is 245 g/mol. The molecule has 0 aliphatic rings. The van der Waals surface area contributed by atoms with Gasteiger partial charge in [-0.2, -0.15) is 0 Å². The van der Waals surface area contributed by atoms with Crippen molar-refractivity contribution in [3.63, 3.8) is 0 Å². The third-order valence-corrected chi connectivity index (χ3v) is 2.87. The van der Waals surface area contributed by atoms with Gasteiger partial charge in [0, 0.05) is 18.9 Å². The summed E-state index contributed by atoms with van der Waals surface area (Å²) < 4.78 is 16.0. The normalized spacial score (nSPS) is 14.2. The van der Waals surface area contributed by atoms with Crippen LogP contribution in [0.4, 0.5) is 5.69 Å². The zero-order chi connectivity index (χ0) is 12.3. The van der Waals surface area contributed by atoms with Gasteiger partial charge in [0.25, 0.3) is 0 Å². The molecule has 0 saturated heterocycles. The molecule has 1 N–H and O–H groups in total. The van der Waals surface area contributed by atoms with E-state index in [1.54, 1.807) is 0 Å². The first kappa shape index (κ1) is 12.7. The molecule has 0 saturated carbocycles. The first-order valence-electron chi connectivity index (χ1n) is 4.44. The number of methoxy groups -OCH3 is 1. The lowest BCUT2D eigenvalue weighted by molar-refractivity contribution is -0.385. The zero-order valence-electron chi connectivity index (χ0n) is 8.91. The Morgan fingerprint density at radius 1 is 1.56 bits per heavy atom. The molecule has 1 unspecified atom stereocenters. The molecule has 1 aromatic carbocycles. The average Bonchev–Trinajstić information content (AvgIpc) is 2.14. The topological polar surface area (TPSA) is 89.7 Å². The van der Waals surface area contributed by atoms with Crippen LogP contribution in [0.3, 0.4) is 0 Å². The van der Waals surface area contributed by atoms with Gasteiger partial charge in [0.05, 0.1) is 12.0 Å². The van der Waals surface area contributed by atoms with E-state index in [9.17, 15) is 19.6 Å². The first-order chi connectivity index (χ1) is 7.33. The van der Waals surface area contributed by atoms with Crippen molar-refractivity contribution in [3.8, 4) is 5.75 Å². The summed E-state index contributed by atoms with van der Waals surface area (Å²) in [5.74, 6) is 0.0935. The van der Waals surface area contributed by atoms with Gasteiger partial charge in [-0.25, -0.2) is 0 Å². The Labute approximate surface area is 92.5 Å². The predicted octanol–water partition coefficient (Wildman–Crippen LogP) is 2.00. The van der Waals surface area contributed by atoms with Gasteiger partial charge >= 0.3 is 5.69 Å². The highest BCUT2D eigenvalue weighted by Gasteiger charge is 2.17. The molecule has 0 heterocycles. The Kier molecular flexibility index (Phi) is 3.67. The number of nitro benzene ring substituents is 1. The summed E-state index contributed by atoms with van der Waals surface area (Å²) in [6.45, 7) is 1.24. The quantitative estimate of drug-likeness (QED) is 0.497. The standard InChI is InChI=1S/C9H12NO5P/c1-15-9-5-7(6-16(2,13)14)3-4-8(9)10(11)12/h3-5H,6H2,1-2H3,(H,13,14). The van der Waals surface area contributed by atoms with Crippen molar-refractivity contribution in [2.24, 2.45) is 0 Å². The van der Waals surface area contributed by atoms with Gasteiger partial charge in [0.1, 0.15) is 0 Å². The van der Waals surface area contributed by atoms with E-state index in [-0.39, 0.29) is 17.6 Å². The van der Waals surface area contributed by atoms with Crippen LogP contribution >= 0.6 is 7.37 Å². The lowest BCUT2D eigenvalue weighted by atomic mass is 10.2. The number of benzene rings is 1. The Hall–Kier alpha value is -1.39. The van der Waals surface area contributed by atoms with Crippen LogP contribution < -0.4 is 4.74 Å². The number of rotatable bonds is 4. The fourth-order valence-corrected chi connectivity index (χ4v) is 2.18. The third-order valence-electron chi connectivity index (χ3n) is 1.92. The molecule has 7 heteroatoms. The highest BCUT2D eigenvalue weighted by molar-refractivity contribution is 7.56. The predicted molar refractivity (Wildman–Crippen MR) is 59.1 cm³/mol. The summed E-state index contributed by atoms with van der Waals surface area (Å²) >= 11 is 0. The Morgan fingerprint density at radius 2 is 2.19 bits per heavy atom. The summed E-state index contributed by atoms with van der Waals surface area (Å²) in [7, 11) is -1.87. The lowest BCUT2D eigenvalue weighted by Gasteiger charge is -2.07. The Balaban J connectivity index is 3.09. The molecule has 16 heavy (non-hydrogen) atoms. The maximum absolute atomic E-state index is 11.2. The second-order valence-corrected chi connectivity index (χ2v) is 5.89. The van der Waals surface area contributed by atoms with Crippen LogP contribution in [0.25, 0.3) is 0 Å². The summed E-state index contributed by atoms with van der Waals surface area (Å²) in [5, 5.41) is 10.6. The van der Waals surface area contributed by atoms with Gasteiger partial charge < -0.3 is 9.63 Å². The highest BCUT2D eigenvalue weighted by atomic mass is 31.2. The molecule has 1 rings (SSSR count). The van der Waals surface area contributed by atoms with E-state index in [4.69, 9.17) is 4.74 Å². The maximum atomic E-state index is 11.2. The molecular weight excluding hydrogens is 233 g/mol. The second-order valence-electron chi connectivity index (χ2n) is 3.47. The number of nitro groups is 1. The Morgan fingerprint density at radius 3 is 2.62 bits per heavy atom. The number of ether oxygens (including phenoxy) is 1. The third kappa shape index (κ3) is 3.32. The summed E-state index contributed by atoms with van der Waals surface area (Å²) in [6.07, 6.45) is -0.0264. The highest BCUT2D eigenvalue weighted by Crippen LogP contribution is 2.41. The van der Waals surface area contributed by atoms with Crippen LogP contribution in [-0.2, 0) is 10.7 Å². The zero-order valence-corrected chi connectivity index (χ0v) is 9.81. The molecule has 0 fully saturated rings. The van der Waals surface area contributed by atoms with Gasteiger partial charge in [-0.15, -0.1) is 0 Å². The second kappa shape index (κ2) is 4.63. The van der Waals surface area contributed by atoms with Crippen molar-refractivity contribution in [2.45, 2.75) is 6.16 Å². The van der Waals surface area contributed by atoms with Crippen molar-refractivity contribution >= 4 is 13.1 Å². The molecule has 0 bridgehead atoms. The van der Waals surface area contributed by atoms with Crippen molar-refractivity contribution < 1.29 is 19.1 Å². The largest absolute Gasteiger partial charge is 0.490 e. The van der Waals surface area contributed by atoms with E-state index in [1.165, 1.54) is 32.0 Å². The molecule has 0 aliphatic heterocycles. The SMILES string of the molecule is COc1cc(CP(C)(=O)O)ccc1[N+](=O)[O-]. The molecule has 1 aromatic rings. The van der Waals surface area contributed by atoms with Crippen LogP contribution in [-0.4, -0.2) is 23.6 Å². The molecule has 0 radical (unpaired) electrons. The van der Waals surface area contributed by atoms with E-state index >= 15 is 0 Å². The van der Waals surface area contributed by atoms with E-state index in [0.29, 0.717) is 5.56 Å². The molecule has 1 atom stereocenters. The molecule has 0 amide bonds. The van der Waals surface area contributed by atoms with Gasteiger partial charge in [0.15, 0.2) is 5.75 Å². The van der Waals surface area contributed by atoms with Crippen LogP contribution in [0, 0.1) is 10.1 Å². The minimum Gasteiger partial charge on any atom is -0.490 e. The maximum Gasteiger partial charge on any atom is 0.310 e. The van der Waals surface area contributed by atoms with Crippen molar-refractivity contribution in [1.82, 2.24) is 0 Å². The van der Waals surface area contributed by atoms with Gasteiger partial charge in [-0.05, 0) is 11.6 Å². The van der Waals surface area contributed by atoms with E-state index in [0.717, 1.165) is 0 Å². The van der Waals surface area contributed by atoms with Crippen LogP contribution in [0.15, 0.2) is 18.2 Å². The van der Waals surface area contributed by atoms with Crippen molar-refractivity contribution in [2.75, 3.05) is 13.8 Å². The molecule has 0 aromatic heterocycles. The fourth-order valence-electron chi connectivity index (χ4n) is 1.31. The number of hydrogen-bond donors (Lipinski definition) is 1. The molecule has 0 spiro atoms. The summed E-state index contributed by atoms with van der Waals surface area (Å²) in [6, 6.07) is 4.13. The van der Waals surface area contributed by atoms with Crippen molar-refractivity contribution in [3.05, 3.63) is 33.9 Å². The summed E-state index contributed by atoms with van der Waals surface area (Å²) in [5.41, 5.74) is 0.380. The van der Waals surface area contributed by atoms with Crippen LogP contribution in [0.5, 0.6) is 5.75 Å².